The van der Waals surface area contributed by atoms with E-state index in [-0.39, 0.29) is 17.7 Å². The Labute approximate surface area is 283 Å². The summed E-state index contributed by atoms with van der Waals surface area (Å²) >= 11 is 7.13. The summed E-state index contributed by atoms with van der Waals surface area (Å²) in [5, 5.41) is 12.4. The maximum Gasteiger partial charge on any atom is 0.303 e. The van der Waals surface area contributed by atoms with Gasteiger partial charge in [0.2, 0.25) is 5.69 Å². The Morgan fingerprint density at radius 3 is 2.60 bits per heavy atom. The van der Waals surface area contributed by atoms with Crippen LogP contribution in [0, 0.1) is 11.9 Å². The van der Waals surface area contributed by atoms with Crippen molar-refractivity contribution in [2.45, 2.75) is 83.5 Å². The molecule has 0 bridgehead atoms. The van der Waals surface area contributed by atoms with Crippen LogP contribution >= 0.6 is 11.6 Å². The molecule has 244 valence electrons. The van der Waals surface area contributed by atoms with E-state index >= 15 is 0 Å². The van der Waals surface area contributed by atoms with Gasteiger partial charge >= 0.3 is 5.97 Å². The monoisotopic (exact) mass is 650 g/mol. The van der Waals surface area contributed by atoms with E-state index < -0.39 is 11.4 Å². The minimum atomic E-state index is -0.767. The fourth-order valence-electron chi connectivity index (χ4n) is 7.76. The van der Waals surface area contributed by atoms with Gasteiger partial charge in [0, 0.05) is 48.3 Å². The molecule has 3 aromatic rings. The van der Waals surface area contributed by atoms with Gasteiger partial charge in [0.1, 0.15) is 18.1 Å². The van der Waals surface area contributed by atoms with Crippen LogP contribution < -0.4 is 4.90 Å². The Balaban J connectivity index is 1.30. The number of anilines is 1. The largest absolute Gasteiger partial charge is 0.481 e. The highest BCUT2D eigenvalue weighted by Gasteiger charge is 2.42. The third kappa shape index (κ3) is 6.11. The number of carboxylic acid groups (broad SMARTS) is 1. The molecule has 0 saturated heterocycles. The Bertz CT molecular complexity index is 1910. The van der Waals surface area contributed by atoms with E-state index in [1.807, 2.05) is 12.1 Å². The summed E-state index contributed by atoms with van der Waals surface area (Å²) in [5.41, 5.74) is 8.30. The summed E-state index contributed by atoms with van der Waals surface area (Å²) in [6, 6.07) is 18.0. The molecular formula is C41H44ClFN2O2. The number of carbonyl (C=O) groups is 1. The summed E-state index contributed by atoms with van der Waals surface area (Å²) in [4.78, 5) is 13.3. The minimum absolute atomic E-state index is 0.167. The van der Waals surface area contributed by atoms with E-state index in [4.69, 9.17) is 16.7 Å². The zero-order valence-electron chi connectivity index (χ0n) is 28.1. The standard InChI is InChI=1S/C41H44ClFN2O2/c1-40(2)32-26-30(43)20-22-33(32)45(25-10-6-7-16-37(46)47)36(40)24-19-29-14-11-13-28(39(29)42)18-23-35-41(3,4)38-31-15-9-8-12-27(31)17-21-34(38)44(35)5/h8-9,12,15,17-23,26H,6-7,10-11,13-14,16,25H2,1-5H3,(H,46,47). The molecule has 0 radical (unpaired) electrons. The molecule has 0 atom stereocenters. The van der Waals surface area contributed by atoms with Gasteiger partial charge in [0.05, 0.1) is 5.41 Å². The lowest BCUT2D eigenvalue weighted by atomic mass is 9.80. The van der Waals surface area contributed by atoms with Crippen molar-refractivity contribution < 1.29 is 18.9 Å². The van der Waals surface area contributed by atoms with Crippen LogP contribution in [0.1, 0.15) is 83.8 Å². The fourth-order valence-corrected chi connectivity index (χ4v) is 8.07. The molecule has 0 saturated carbocycles. The summed E-state index contributed by atoms with van der Waals surface area (Å²) in [5.74, 6) is -1.02. The number of likely N-dealkylation sites (N-methyl/N-ethyl adjacent to an activating group) is 1. The van der Waals surface area contributed by atoms with E-state index in [9.17, 15) is 9.18 Å². The predicted molar refractivity (Wildman–Crippen MR) is 191 cm³/mol. The Hall–Kier alpha value is -3.96. The highest BCUT2D eigenvalue weighted by atomic mass is 35.5. The van der Waals surface area contributed by atoms with Crippen LogP contribution in [-0.4, -0.2) is 35.0 Å². The number of benzene rings is 3. The number of fused-ring (bicyclic) bond motifs is 4. The predicted octanol–water partition coefficient (Wildman–Crippen LogP) is 10.3. The van der Waals surface area contributed by atoms with Crippen LogP contribution in [0.5, 0.6) is 0 Å². The maximum atomic E-state index is 14.4. The maximum absolute atomic E-state index is 14.4. The molecule has 1 N–H and O–H groups in total. The van der Waals surface area contributed by atoms with Gasteiger partial charge in [0.25, 0.3) is 0 Å². The molecule has 47 heavy (non-hydrogen) atoms. The van der Waals surface area contributed by atoms with E-state index in [1.54, 1.807) is 6.07 Å². The van der Waals surface area contributed by atoms with Crippen LogP contribution in [-0.2, 0) is 15.6 Å². The second-order valence-corrected chi connectivity index (χ2v) is 14.5. The Morgan fingerprint density at radius 2 is 1.81 bits per heavy atom. The number of hydrogen-bond donors (Lipinski definition) is 1. The second-order valence-electron chi connectivity index (χ2n) is 14.1. The fraction of sp³-hybridized carbons (Fsp3) is 0.366. The molecule has 0 amide bonds. The molecule has 2 heterocycles. The number of unbranched alkanes of at least 4 members (excludes halogenated alkanes) is 2. The van der Waals surface area contributed by atoms with E-state index in [0.717, 1.165) is 65.2 Å². The highest BCUT2D eigenvalue weighted by Crippen LogP contribution is 2.50. The van der Waals surface area contributed by atoms with Gasteiger partial charge in [-0.25, -0.2) is 15.0 Å². The summed E-state index contributed by atoms with van der Waals surface area (Å²) in [7, 11) is 2.15. The first kappa shape index (κ1) is 33.0. The van der Waals surface area contributed by atoms with E-state index in [2.05, 4.69) is 98.8 Å². The third-order valence-electron chi connectivity index (χ3n) is 10.2. The summed E-state index contributed by atoms with van der Waals surface area (Å²) in [6.07, 6.45) is 15.3. The smallest absolute Gasteiger partial charge is 0.303 e. The first-order valence-electron chi connectivity index (χ1n) is 16.7. The third-order valence-corrected chi connectivity index (χ3v) is 10.7. The zero-order valence-corrected chi connectivity index (χ0v) is 28.8. The van der Waals surface area contributed by atoms with Crippen molar-refractivity contribution in [3.8, 4) is 0 Å². The molecule has 3 aromatic carbocycles. The molecule has 1 aliphatic carbocycles. The molecule has 3 aliphatic rings. The number of nitrogens with zero attached hydrogens (tertiary/aromatic N) is 2. The van der Waals surface area contributed by atoms with Gasteiger partial charge in [-0.1, -0.05) is 63.1 Å². The van der Waals surface area contributed by atoms with Gasteiger partial charge in [-0.3, -0.25) is 4.79 Å². The first-order valence-corrected chi connectivity index (χ1v) is 17.1. The van der Waals surface area contributed by atoms with Gasteiger partial charge in [-0.2, -0.15) is 11.6 Å². The number of aliphatic carboxylic acids is 1. The molecule has 6 heteroatoms. The summed E-state index contributed by atoms with van der Waals surface area (Å²) < 4.78 is 16.6. The lowest BCUT2D eigenvalue weighted by molar-refractivity contribution is -0.438. The van der Waals surface area contributed by atoms with Crippen molar-refractivity contribution in [2.75, 3.05) is 18.5 Å². The van der Waals surface area contributed by atoms with Crippen LogP contribution in [0.2, 0.25) is 0 Å². The van der Waals surface area contributed by atoms with Crippen molar-refractivity contribution >= 4 is 45.4 Å². The lowest BCUT2D eigenvalue weighted by Crippen LogP contribution is -2.28. The normalized spacial score (nSPS) is 20.3. The van der Waals surface area contributed by atoms with Crippen LogP contribution in [0.3, 0.4) is 0 Å². The highest BCUT2D eigenvalue weighted by molar-refractivity contribution is 6.32. The number of hydrogen-bond acceptors (Lipinski definition) is 2. The van der Waals surface area contributed by atoms with Crippen LogP contribution in [0.15, 0.2) is 94.7 Å². The minimum Gasteiger partial charge on any atom is -0.481 e. The number of allylic oxidation sites excluding steroid dienone is 8. The van der Waals surface area contributed by atoms with Crippen molar-refractivity contribution in [1.29, 1.82) is 0 Å². The lowest BCUT2D eigenvalue weighted by Gasteiger charge is -2.26. The molecule has 0 unspecified atom stereocenters. The first-order chi connectivity index (χ1) is 22.4. The zero-order chi connectivity index (χ0) is 33.5. The molecule has 0 fully saturated rings. The molecule has 0 aromatic heterocycles. The SMILES string of the molecule is CN1/C(=C/C=C2CCCC(C=[C-]C3=[N+](CCCCCC(=O)O)c4ccc(F)cc4C3(C)C)=C2Cl)C(C)(C)c2c1ccc1ccccc21. The number of carboxylic acids is 1. The van der Waals surface area contributed by atoms with Crippen LogP contribution in [0.4, 0.5) is 15.8 Å². The Morgan fingerprint density at radius 1 is 1.02 bits per heavy atom. The van der Waals surface area contributed by atoms with Crippen molar-refractivity contribution in [2.24, 2.45) is 0 Å². The van der Waals surface area contributed by atoms with Crippen molar-refractivity contribution in [1.82, 2.24) is 0 Å². The molecule has 0 spiro atoms. The Kier molecular flexibility index (Phi) is 9.06. The summed E-state index contributed by atoms with van der Waals surface area (Å²) in [6.45, 7) is 9.54. The van der Waals surface area contributed by atoms with Gasteiger partial charge < -0.3 is 10.0 Å². The number of halogens is 2. The quantitative estimate of drug-likeness (QED) is 0.142. The molecule has 2 aliphatic heterocycles. The second kappa shape index (κ2) is 12.9. The molecular weight excluding hydrogens is 607 g/mol. The molecule has 6 rings (SSSR count). The van der Waals surface area contributed by atoms with Gasteiger partial charge in [0.15, 0.2) is 0 Å². The van der Waals surface area contributed by atoms with E-state index in [1.165, 1.54) is 33.8 Å². The average Bonchev–Trinajstić information content (AvgIpc) is 3.36. The van der Waals surface area contributed by atoms with Gasteiger partial charge in [-0.15, -0.1) is 11.6 Å². The van der Waals surface area contributed by atoms with Crippen molar-refractivity contribution in [3.05, 3.63) is 118 Å². The topological polar surface area (TPSA) is 43.5 Å². The van der Waals surface area contributed by atoms with E-state index in [0.29, 0.717) is 13.0 Å². The van der Waals surface area contributed by atoms with Crippen LogP contribution in [0.25, 0.3) is 10.8 Å². The van der Waals surface area contributed by atoms with Crippen molar-refractivity contribution in [3.63, 3.8) is 0 Å². The molecule has 4 nitrogen and oxygen atoms in total. The number of rotatable bonds is 9. The van der Waals surface area contributed by atoms with Gasteiger partial charge in [-0.05, 0) is 84.3 Å². The average molecular weight is 651 g/mol.